The van der Waals surface area contributed by atoms with Crippen LogP contribution < -0.4 is 5.32 Å². The second-order valence-electron chi connectivity index (χ2n) is 6.46. The average Bonchev–Trinajstić information content (AvgIpc) is 2.78. The highest BCUT2D eigenvalue weighted by molar-refractivity contribution is 5.97. The molecule has 1 aliphatic heterocycles. The number of esters is 1. The Morgan fingerprint density at radius 1 is 1.07 bits per heavy atom. The summed E-state index contributed by atoms with van der Waals surface area (Å²) in [6, 6.07) is 12.1. The van der Waals surface area contributed by atoms with E-state index in [0.29, 0.717) is 12.0 Å². The van der Waals surface area contributed by atoms with Crippen molar-refractivity contribution in [1.29, 1.82) is 0 Å². The van der Waals surface area contributed by atoms with Gasteiger partial charge in [0.05, 0.1) is 5.56 Å². The number of allylic oxidation sites excluding steroid dienone is 2. The number of hydrogen-bond acceptors (Lipinski definition) is 6. The summed E-state index contributed by atoms with van der Waals surface area (Å²) in [6.45, 7) is 4.25. The molecule has 0 fully saturated rings. The van der Waals surface area contributed by atoms with Crippen LogP contribution in [0.3, 0.4) is 0 Å². The summed E-state index contributed by atoms with van der Waals surface area (Å²) in [7, 11) is 0. The number of nitroso groups, excluding NO2 is 1. The normalized spacial score (nSPS) is 18.9. The number of carbonyl (C=O) groups excluding carboxylic acids is 1. The third kappa shape index (κ3) is 6.30. The molecule has 3 rings (SSSR count). The zero-order chi connectivity index (χ0) is 21.8. The molecule has 1 aliphatic rings. The summed E-state index contributed by atoms with van der Waals surface area (Å²) in [5.41, 5.74) is 1.24. The Labute approximate surface area is 177 Å². The molecule has 0 aliphatic carbocycles. The number of nitrogens with one attached hydrogen (secondary N) is 1. The van der Waals surface area contributed by atoms with E-state index in [2.05, 4.69) is 16.6 Å². The first-order chi connectivity index (χ1) is 14.7. The molecule has 2 N–H and O–H groups in total. The highest BCUT2D eigenvalue weighted by Gasteiger charge is 2.24. The van der Waals surface area contributed by atoms with Crippen LogP contribution in [0.4, 0.5) is 5.69 Å². The van der Waals surface area contributed by atoms with Crippen molar-refractivity contribution in [3.05, 3.63) is 88.5 Å². The number of aromatic hydroxyl groups is 1. The van der Waals surface area contributed by atoms with E-state index in [4.69, 9.17) is 4.74 Å². The Kier molecular flexibility index (Phi) is 9.31. The highest BCUT2D eigenvalue weighted by atomic mass is 16.5. The second-order valence-corrected chi connectivity index (χ2v) is 6.46. The van der Waals surface area contributed by atoms with Gasteiger partial charge in [0, 0.05) is 19.0 Å². The molecule has 0 saturated heterocycles. The summed E-state index contributed by atoms with van der Waals surface area (Å²) in [6.07, 6.45) is 9.62. The Bertz CT molecular complexity index is 892. The van der Waals surface area contributed by atoms with Crippen molar-refractivity contribution in [1.82, 2.24) is 5.32 Å². The van der Waals surface area contributed by atoms with Crippen molar-refractivity contribution in [3.63, 3.8) is 0 Å². The summed E-state index contributed by atoms with van der Waals surface area (Å²) in [5.74, 6) is -0.773. The van der Waals surface area contributed by atoms with Crippen LogP contribution in [0.25, 0.3) is 0 Å². The molecule has 2 aromatic rings. The first-order valence-corrected chi connectivity index (χ1v) is 10.2. The van der Waals surface area contributed by atoms with Crippen molar-refractivity contribution in [3.8, 4) is 5.75 Å². The van der Waals surface area contributed by atoms with Crippen molar-refractivity contribution < 1.29 is 14.6 Å². The fourth-order valence-corrected chi connectivity index (χ4v) is 3.09. The van der Waals surface area contributed by atoms with E-state index < -0.39 is 12.1 Å². The van der Waals surface area contributed by atoms with E-state index in [9.17, 15) is 14.8 Å². The van der Waals surface area contributed by atoms with Crippen molar-refractivity contribution in [2.45, 2.75) is 45.8 Å². The maximum absolute atomic E-state index is 13.0. The minimum atomic E-state index is -0.644. The van der Waals surface area contributed by atoms with Gasteiger partial charge in [0.15, 0.2) is 0 Å². The third-order valence-electron chi connectivity index (χ3n) is 4.45. The molecule has 1 heterocycles. The summed E-state index contributed by atoms with van der Waals surface area (Å²) >= 11 is 0. The van der Waals surface area contributed by atoms with Crippen LogP contribution in [0.1, 0.15) is 60.7 Å². The number of rotatable bonds is 2. The van der Waals surface area contributed by atoms with Crippen molar-refractivity contribution >= 4 is 11.7 Å². The Balaban J connectivity index is 0.00000155. The number of ether oxygens (including phenoxy) is 1. The SMILES string of the molecule is CC.O=Nc1cc(O)cc2c1C(=O)O[C@@H](c1ccccc1)C/C=C/CC/C=C/NC2. The molecule has 2 aromatic carbocycles. The van der Waals surface area contributed by atoms with E-state index in [-0.39, 0.29) is 23.5 Å². The van der Waals surface area contributed by atoms with Crippen LogP contribution in [0.15, 0.2) is 72.1 Å². The fraction of sp³-hybridized carbons (Fsp3) is 0.292. The molecule has 6 nitrogen and oxygen atoms in total. The van der Waals surface area contributed by atoms with Gasteiger partial charge in [-0.1, -0.05) is 62.4 Å². The molecule has 0 amide bonds. The highest BCUT2D eigenvalue weighted by Crippen LogP contribution is 2.32. The van der Waals surface area contributed by atoms with Crippen LogP contribution in [0.2, 0.25) is 0 Å². The molecule has 0 saturated carbocycles. The lowest BCUT2D eigenvalue weighted by molar-refractivity contribution is 0.0303. The number of fused-ring (bicyclic) bond motifs is 1. The van der Waals surface area contributed by atoms with Gasteiger partial charge >= 0.3 is 5.97 Å². The number of carbonyl (C=O) groups is 1. The van der Waals surface area contributed by atoms with Gasteiger partial charge < -0.3 is 15.2 Å². The van der Waals surface area contributed by atoms with Gasteiger partial charge in [-0.3, -0.25) is 0 Å². The largest absolute Gasteiger partial charge is 0.508 e. The monoisotopic (exact) mass is 408 g/mol. The molecule has 0 radical (unpaired) electrons. The first kappa shape index (κ1) is 22.9. The summed E-state index contributed by atoms with van der Waals surface area (Å²) in [4.78, 5) is 24.3. The number of benzene rings is 2. The summed E-state index contributed by atoms with van der Waals surface area (Å²) < 4.78 is 5.77. The molecule has 1 atom stereocenters. The fourth-order valence-electron chi connectivity index (χ4n) is 3.09. The average molecular weight is 408 g/mol. The zero-order valence-corrected chi connectivity index (χ0v) is 17.4. The number of hydrogen-bond donors (Lipinski definition) is 2. The molecule has 30 heavy (non-hydrogen) atoms. The minimum absolute atomic E-state index is 0.0654. The van der Waals surface area contributed by atoms with E-state index in [1.807, 2.05) is 56.3 Å². The van der Waals surface area contributed by atoms with Gasteiger partial charge in [-0.2, -0.15) is 0 Å². The van der Waals surface area contributed by atoms with Gasteiger partial charge in [0.2, 0.25) is 0 Å². The Morgan fingerprint density at radius 3 is 2.53 bits per heavy atom. The predicted octanol–water partition coefficient (Wildman–Crippen LogP) is 6.06. The quantitative estimate of drug-likeness (QED) is 0.358. The minimum Gasteiger partial charge on any atom is -0.508 e. The van der Waals surface area contributed by atoms with Gasteiger partial charge in [0.25, 0.3) is 0 Å². The number of phenols is 1. The molecule has 6 heteroatoms. The maximum Gasteiger partial charge on any atom is 0.341 e. The lowest BCUT2D eigenvalue weighted by atomic mass is 10.0. The smallest absolute Gasteiger partial charge is 0.341 e. The van der Waals surface area contributed by atoms with E-state index in [0.717, 1.165) is 18.4 Å². The molecular formula is C24H28N2O4. The molecular weight excluding hydrogens is 380 g/mol. The molecule has 0 unspecified atom stereocenters. The lowest BCUT2D eigenvalue weighted by Crippen LogP contribution is -2.16. The van der Waals surface area contributed by atoms with Gasteiger partial charge in [0.1, 0.15) is 17.5 Å². The molecule has 0 bridgehead atoms. The van der Waals surface area contributed by atoms with Gasteiger partial charge in [-0.15, -0.1) is 4.91 Å². The zero-order valence-electron chi connectivity index (χ0n) is 17.4. The van der Waals surface area contributed by atoms with Crippen LogP contribution in [0, 0.1) is 4.91 Å². The molecule has 0 aromatic heterocycles. The second kappa shape index (κ2) is 12.2. The topological polar surface area (TPSA) is 88.0 Å². The Hall–Kier alpha value is -3.41. The van der Waals surface area contributed by atoms with Gasteiger partial charge in [-0.05, 0) is 41.4 Å². The van der Waals surface area contributed by atoms with Crippen LogP contribution in [-0.2, 0) is 11.3 Å². The molecule has 0 spiro atoms. The van der Waals surface area contributed by atoms with E-state index in [1.165, 1.54) is 12.1 Å². The Morgan fingerprint density at radius 2 is 1.80 bits per heavy atom. The lowest BCUT2D eigenvalue weighted by Gasteiger charge is -2.19. The van der Waals surface area contributed by atoms with Crippen LogP contribution in [-0.4, -0.2) is 11.1 Å². The van der Waals surface area contributed by atoms with Crippen molar-refractivity contribution in [2.24, 2.45) is 5.18 Å². The van der Waals surface area contributed by atoms with Gasteiger partial charge in [-0.25, -0.2) is 4.79 Å². The maximum atomic E-state index is 13.0. The van der Waals surface area contributed by atoms with Crippen LogP contribution in [0.5, 0.6) is 5.75 Å². The summed E-state index contributed by atoms with van der Waals surface area (Å²) in [5, 5.41) is 15.9. The van der Waals surface area contributed by atoms with E-state index in [1.54, 1.807) is 6.20 Å². The number of cyclic esters (lactones) is 1. The standard InChI is InChI=1S/C22H22N2O4.C2H6/c25-18-13-17-15-23-12-8-3-1-2-7-11-20(16-9-5-4-6-10-16)28-22(26)21(17)19(14-18)24-27;1-2/h2,4-10,12-14,20,23,25H,1,3,11,15H2;1-2H3/b7-2+,12-8+;/t20-;/m1./s1. The third-order valence-corrected chi connectivity index (χ3v) is 4.45. The predicted molar refractivity (Wildman–Crippen MR) is 118 cm³/mol. The number of nitrogens with zero attached hydrogens (tertiary/aromatic N) is 1. The molecule has 158 valence electrons. The van der Waals surface area contributed by atoms with Crippen molar-refractivity contribution in [2.75, 3.05) is 0 Å². The van der Waals surface area contributed by atoms with E-state index >= 15 is 0 Å². The van der Waals surface area contributed by atoms with Crippen LogP contribution >= 0.6 is 0 Å². The number of phenolic OH excluding ortho intramolecular Hbond substituents is 1. The first-order valence-electron chi connectivity index (χ1n) is 10.2.